The maximum absolute atomic E-state index is 13.3. The SMILES string of the molecule is Cc1cc(Br)ccc1Oc1cc(F)cc(CN)c1. The number of hydrogen-bond acceptors (Lipinski definition) is 2. The van der Waals surface area contributed by atoms with Crippen LogP contribution in [0.1, 0.15) is 11.1 Å². The van der Waals surface area contributed by atoms with Gasteiger partial charge in [-0.1, -0.05) is 15.9 Å². The van der Waals surface area contributed by atoms with Crippen LogP contribution in [0.2, 0.25) is 0 Å². The van der Waals surface area contributed by atoms with E-state index in [9.17, 15) is 4.39 Å². The van der Waals surface area contributed by atoms with Crippen LogP contribution in [0.5, 0.6) is 11.5 Å². The summed E-state index contributed by atoms with van der Waals surface area (Å²) in [5.41, 5.74) is 7.19. The van der Waals surface area contributed by atoms with Crippen LogP contribution in [-0.4, -0.2) is 0 Å². The van der Waals surface area contributed by atoms with E-state index in [1.54, 1.807) is 6.07 Å². The number of nitrogens with two attached hydrogens (primary N) is 1. The summed E-state index contributed by atoms with van der Waals surface area (Å²) in [5, 5.41) is 0. The quantitative estimate of drug-likeness (QED) is 0.924. The average Bonchev–Trinajstić information content (AvgIpc) is 2.32. The summed E-state index contributed by atoms with van der Waals surface area (Å²) in [6.07, 6.45) is 0. The Hall–Kier alpha value is -1.39. The van der Waals surface area contributed by atoms with Crippen molar-refractivity contribution in [2.24, 2.45) is 5.73 Å². The molecule has 0 aliphatic rings. The van der Waals surface area contributed by atoms with E-state index in [0.717, 1.165) is 10.0 Å². The van der Waals surface area contributed by atoms with Crippen molar-refractivity contribution in [3.05, 3.63) is 57.8 Å². The molecule has 0 bridgehead atoms. The molecule has 0 spiro atoms. The number of benzene rings is 2. The molecule has 0 heterocycles. The van der Waals surface area contributed by atoms with Gasteiger partial charge in [-0.15, -0.1) is 0 Å². The summed E-state index contributed by atoms with van der Waals surface area (Å²) in [4.78, 5) is 0. The van der Waals surface area contributed by atoms with Crippen molar-refractivity contribution in [3.63, 3.8) is 0 Å². The minimum absolute atomic E-state index is 0.285. The van der Waals surface area contributed by atoms with E-state index in [2.05, 4.69) is 15.9 Å². The first kappa shape index (κ1) is 13.1. The molecule has 0 aromatic heterocycles. The minimum atomic E-state index is -0.345. The van der Waals surface area contributed by atoms with Crippen LogP contribution in [-0.2, 0) is 6.54 Å². The highest BCUT2D eigenvalue weighted by Crippen LogP contribution is 2.28. The molecule has 0 atom stereocenters. The number of ether oxygens (including phenoxy) is 1. The van der Waals surface area contributed by atoms with Gasteiger partial charge >= 0.3 is 0 Å². The lowest BCUT2D eigenvalue weighted by molar-refractivity contribution is 0.472. The van der Waals surface area contributed by atoms with E-state index in [0.29, 0.717) is 17.1 Å². The molecule has 18 heavy (non-hydrogen) atoms. The topological polar surface area (TPSA) is 35.2 Å². The zero-order chi connectivity index (χ0) is 13.1. The van der Waals surface area contributed by atoms with Gasteiger partial charge in [-0.05, 0) is 48.4 Å². The fraction of sp³-hybridized carbons (Fsp3) is 0.143. The lowest BCUT2D eigenvalue weighted by Crippen LogP contribution is -1.98. The molecule has 0 unspecified atom stereocenters. The van der Waals surface area contributed by atoms with E-state index in [4.69, 9.17) is 10.5 Å². The van der Waals surface area contributed by atoms with Gasteiger partial charge in [-0.25, -0.2) is 4.39 Å². The Bertz CT molecular complexity index is 572. The number of aryl methyl sites for hydroxylation is 1. The van der Waals surface area contributed by atoms with Gasteiger partial charge in [-0.3, -0.25) is 0 Å². The van der Waals surface area contributed by atoms with Crippen LogP contribution in [0.25, 0.3) is 0 Å². The Balaban J connectivity index is 2.30. The molecule has 2 aromatic carbocycles. The molecule has 94 valence electrons. The Labute approximate surface area is 114 Å². The highest BCUT2D eigenvalue weighted by Gasteiger charge is 2.05. The van der Waals surface area contributed by atoms with Crippen molar-refractivity contribution < 1.29 is 9.13 Å². The van der Waals surface area contributed by atoms with Crippen molar-refractivity contribution in [3.8, 4) is 11.5 Å². The molecule has 2 aromatic rings. The van der Waals surface area contributed by atoms with Gasteiger partial charge in [-0.2, -0.15) is 0 Å². The van der Waals surface area contributed by atoms with Crippen molar-refractivity contribution in [1.29, 1.82) is 0 Å². The highest BCUT2D eigenvalue weighted by atomic mass is 79.9. The normalized spacial score (nSPS) is 10.4. The monoisotopic (exact) mass is 309 g/mol. The van der Waals surface area contributed by atoms with Gasteiger partial charge in [0, 0.05) is 17.1 Å². The van der Waals surface area contributed by atoms with Crippen LogP contribution < -0.4 is 10.5 Å². The van der Waals surface area contributed by atoms with Gasteiger partial charge in [0.2, 0.25) is 0 Å². The number of rotatable bonds is 3. The Morgan fingerprint density at radius 3 is 2.67 bits per heavy atom. The molecule has 0 amide bonds. The summed E-state index contributed by atoms with van der Waals surface area (Å²) in [6.45, 7) is 2.22. The van der Waals surface area contributed by atoms with Crippen LogP contribution in [0.15, 0.2) is 40.9 Å². The maximum Gasteiger partial charge on any atom is 0.130 e. The molecule has 4 heteroatoms. The Kier molecular flexibility index (Phi) is 3.99. The van der Waals surface area contributed by atoms with Gasteiger partial charge in [0.05, 0.1) is 0 Å². The fourth-order valence-electron chi connectivity index (χ4n) is 1.65. The lowest BCUT2D eigenvalue weighted by atomic mass is 10.2. The first-order valence-corrected chi connectivity index (χ1v) is 6.31. The van der Waals surface area contributed by atoms with Crippen LogP contribution in [0.4, 0.5) is 4.39 Å². The van der Waals surface area contributed by atoms with Gasteiger partial charge in [0.25, 0.3) is 0 Å². The van der Waals surface area contributed by atoms with Crippen LogP contribution >= 0.6 is 15.9 Å². The van der Waals surface area contributed by atoms with Crippen molar-refractivity contribution in [1.82, 2.24) is 0 Å². The number of halogens is 2. The van der Waals surface area contributed by atoms with Crippen molar-refractivity contribution in [2.75, 3.05) is 0 Å². The molecular weight excluding hydrogens is 297 g/mol. The van der Waals surface area contributed by atoms with E-state index in [1.807, 2.05) is 25.1 Å². The Morgan fingerprint density at radius 2 is 2.00 bits per heavy atom. The van der Waals surface area contributed by atoms with Crippen molar-refractivity contribution >= 4 is 15.9 Å². The number of hydrogen-bond donors (Lipinski definition) is 1. The standard InChI is InChI=1S/C14H13BrFNO/c1-9-4-11(15)2-3-14(9)18-13-6-10(8-17)5-12(16)7-13/h2-7H,8,17H2,1H3. The Morgan fingerprint density at radius 1 is 1.22 bits per heavy atom. The molecule has 2 rings (SSSR count). The molecule has 0 fully saturated rings. The second-order valence-electron chi connectivity index (χ2n) is 4.01. The molecule has 2 N–H and O–H groups in total. The molecule has 0 aliphatic heterocycles. The largest absolute Gasteiger partial charge is 0.457 e. The summed E-state index contributed by atoms with van der Waals surface area (Å²) in [7, 11) is 0. The third-order valence-electron chi connectivity index (χ3n) is 2.53. The van der Waals surface area contributed by atoms with E-state index >= 15 is 0 Å². The fourth-order valence-corrected chi connectivity index (χ4v) is 2.13. The molecule has 0 saturated carbocycles. The molecule has 0 radical (unpaired) electrons. The summed E-state index contributed by atoms with van der Waals surface area (Å²) < 4.78 is 20.0. The molecule has 0 saturated heterocycles. The minimum Gasteiger partial charge on any atom is -0.457 e. The first-order valence-electron chi connectivity index (χ1n) is 5.52. The second kappa shape index (κ2) is 5.50. The third-order valence-corrected chi connectivity index (χ3v) is 3.02. The average molecular weight is 310 g/mol. The second-order valence-corrected chi connectivity index (χ2v) is 4.93. The van der Waals surface area contributed by atoms with E-state index in [-0.39, 0.29) is 12.4 Å². The zero-order valence-electron chi connectivity index (χ0n) is 9.91. The van der Waals surface area contributed by atoms with Crippen LogP contribution in [0.3, 0.4) is 0 Å². The summed E-state index contributed by atoms with van der Waals surface area (Å²) >= 11 is 3.38. The first-order chi connectivity index (χ1) is 8.58. The zero-order valence-corrected chi connectivity index (χ0v) is 11.5. The smallest absolute Gasteiger partial charge is 0.130 e. The van der Waals surface area contributed by atoms with Gasteiger partial charge < -0.3 is 10.5 Å². The van der Waals surface area contributed by atoms with E-state index in [1.165, 1.54) is 12.1 Å². The molecular formula is C14H13BrFNO. The maximum atomic E-state index is 13.3. The third kappa shape index (κ3) is 3.09. The predicted octanol–water partition coefficient (Wildman–Crippen LogP) is 4.15. The summed E-state index contributed by atoms with van der Waals surface area (Å²) in [6, 6.07) is 10.2. The molecule has 2 nitrogen and oxygen atoms in total. The molecule has 0 aliphatic carbocycles. The van der Waals surface area contributed by atoms with Gasteiger partial charge in [0.15, 0.2) is 0 Å². The van der Waals surface area contributed by atoms with Crippen molar-refractivity contribution in [2.45, 2.75) is 13.5 Å². The van der Waals surface area contributed by atoms with Crippen LogP contribution in [0, 0.1) is 12.7 Å². The van der Waals surface area contributed by atoms with E-state index < -0.39 is 0 Å². The highest BCUT2D eigenvalue weighted by molar-refractivity contribution is 9.10. The lowest BCUT2D eigenvalue weighted by Gasteiger charge is -2.10. The van der Waals surface area contributed by atoms with Gasteiger partial charge in [0.1, 0.15) is 17.3 Å². The predicted molar refractivity (Wildman–Crippen MR) is 73.2 cm³/mol. The summed E-state index contributed by atoms with van der Waals surface area (Å²) in [5.74, 6) is 0.815.